The fourth-order valence-electron chi connectivity index (χ4n) is 2.55. The highest BCUT2D eigenvalue weighted by atomic mass is 32.1. The minimum absolute atomic E-state index is 0.141. The van der Waals surface area contributed by atoms with Crippen LogP contribution in [0.4, 0.5) is 5.13 Å². The molecule has 0 radical (unpaired) electrons. The van der Waals surface area contributed by atoms with E-state index in [4.69, 9.17) is 0 Å². The van der Waals surface area contributed by atoms with Gasteiger partial charge in [-0.3, -0.25) is 4.63 Å². The van der Waals surface area contributed by atoms with E-state index in [1.54, 1.807) is 6.92 Å². The molecule has 2 aromatic heterocycles. The third-order valence-electron chi connectivity index (χ3n) is 4.08. The molecule has 0 aliphatic heterocycles. The second-order valence-corrected chi connectivity index (χ2v) is 7.63. The maximum absolute atomic E-state index is 11.2. The van der Waals surface area contributed by atoms with Crippen molar-refractivity contribution in [3.05, 3.63) is 57.0 Å². The minimum Gasteiger partial charge on any atom is -0.359 e. The van der Waals surface area contributed by atoms with Gasteiger partial charge in [-0.15, -0.1) is 10.2 Å². The third kappa shape index (κ3) is 4.13. The van der Waals surface area contributed by atoms with Gasteiger partial charge >= 0.3 is 0 Å². The molecule has 3 aromatic rings. The van der Waals surface area contributed by atoms with Gasteiger partial charge in [-0.25, -0.2) is 4.99 Å². The fourth-order valence-corrected chi connectivity index (χ4v) is 3.31. The summed E-state index contributed by atoms with van der Waals surface area (Å²) in [6.45, 7) is 8.16. The second-order valence-electron chi connectivity index (χ2n) is 6.64. The smallest absolute Gasteiger partial charge is 0.262 e. The maximum atomic E-state index is 11.2. The van der Waals surface area contributed by atoms with E-state index in [2.05, 4.69) is 70.0 Å². The highest BCUT2D eigenvalue weighted by Crippen LogP contribution is 2.30. The maximum Gasteiger partial charge on any atom is 0.262 e. The zero-order chi connectivity index (χ0) is 18.7. The first-order valence-electron chi connectivity index (χ1n) is 8.46. The number of hydrogen-bond donors (Lipinski definition) is 0. The molecule has 1 atom stereocenters. The molecule has 136 valence electrons. The van der Waals surface area contributed by atoms with Crippen LogP contribution >= 0.6 is 11.3 Å². The van der Waals surface area contributed by atoms with E-state index in [9.17, 15) is 5.21 Å². The predicted molar refractivity (Wildman–Crippen MR) is 99.9 cm³/mol. The van der Waals surface area contributed by atoms with Crippen LogP contribution in [0.15, 0.2) is 33.9 Å². The van der Waals surface area contributed by atoms with Crippen LogP contribution in [-0.2, 0) is 6.42 Å². The number of aliphatic imine (C=N–C) groups is 1. The molecule has 0 saturated carbocycles. The standard InChI is InChI=1S/C18H21N5O2S/c1-11(2)9-14-5-7-15(8-6-14)12(3)17-20-21-18(26-17)19-10-16-13(4)23(24)25-22-16/h5-8,10-12H,9H2,1-4H3. The molecule has 7 nitrogen and oxygen atoms in total. The number of nitrogens with zero attached hydrogens (tertiary/aromatic N) is 5. The van der Waals surface area contributed by atoms with E-state index < -0.39 is 0 Å². The van der Waals surface area contributed by atoms with Gasteiger partial charge in [-0.2, -0.15) is 0 Å². The Morgan fingerprint density at radius 1 is 1.23 bits per heavy atom. The first-order chi connectivity index (χ1) is 12.4. The summed E-state index contributed by atoms with van der Waals surface area (Å²) in [5.74, 6) is 0.786. The minimum atomic E-state index is 0.141. The lowest BCUT2D eigenvalue weighted by molar-refractivity contribution is -0.806. The summed E-state index contributed by atoms with van der Waals surface area (Å²) < 4.78 is 4.51. The molecule has 0 saturated heterocycles. The van der Waals surface area contributed by atoms with E-state index in [0.717, 1.165) is 11.4 Å². The Morgan fingerprint density at radius 3 is 2.58 bits per heavy atom. The predicted octanol–water partition coefficient (Wildman–Crippen LogP) is 3.57. The Hall–Kier alpha value is -2.61. The van der Waals surface area contributed by atoms with E-state index in [-0.39, 0.29) is 5.92 Å². The SMILES string of the molecule is Cc1c(C=Nc2nnc(C(C)c3ccc(CC(C)C)cc3)s2)no[n+]1[O-]. The molecule has 3 rings (SSSR count). The first kappa shape index (κ1) is 18.2. The van der Waals surface area contributed by atoms with Crippen LogP contribution in [0.2, 0.25) is 0 Å². The first-order valence-corrected chi connectivity index (χ1v) is 9.28. The Bertz CT molecular complexity index is 899. The van der Waals surface area contributed by atoms with Crippen molar-refractivity contribution in [3.63, 3.8) is 0 Å². The monoisotopic (exact) mass is 371 g/mol. The number of aromatic nitrogens is 4. The summed E-state index contributed by atoms with van der Waals surface area (Å²) in [6.07, 6.45) is 2.54. The average molecular weight is 371 g/mol. The lowest BCUT2D eigenvalue weighted by atomic mass is 9.97. The molecule has 2 heterocycles. The van der Waals surface area contributed by atoms with Crippen LogP contribution in [0, 0.1) is 18.0 Å². The van der Waals surface area contributed by atoms with Crippen molar-refractivity contribution in [1.29, 1.82) is 0 Å². The van der Waals surface area contributed by atoms with Crippen molar-refractivity contribution in [2.24, 2.45) is 10.9 Å². The zero-order valence-corrected chi connectivity index (χ0v) is 16.0. The van der Waals surface area contributed by atoms with Gasteiger partial charge in [0.05, 0.1) is 6.21 Å². The van der Waals surface area contributed by atoms with Gasteiger partial charge in [-0.05, 0) is 28.4 Å². The molecule has 0 amide bonds. The molecule has 1 aromatic carbocycles. The molecule has 0 aliphatic carbocycles. The van der Waals surface area contributed by atoms with Crippen molar-refractivity contribution in [2.75, 3.05) is 0 Å². The molecule has 0 fully saturated rings. The molecular formula is C18H21N5O2S. The summed E-state index contributed by atoms with van der Waals surface area (Å²) >= 11 is 1.42. The van der Waals surface area contributed by atoms with Crippen molar-refractivity contribution >= 4 is 22.7 Å². The van der Waals surface area contributed by atoms with Gasteiger partial charge < -0.3 is 5.21 Å². The highest BCUT2D eigenvalue weighted by molar-refractivity contribution is 7.15. The Balaban J connectivity index is 1.71. The molecule has 0 bridgehead atoms. The van der Waals surface area contributed by atoms with Crippen LogP contribution in [0.25, 0.3) is 0 Å². The van der Waals surface area contributed by atoms with E-state index in [1.165, 1.54) is 28.7 Å². The van der Waals surface area contributed by atoms with Gasteiger partial charge in [0.15, 0.2) is 0 Å². The van der Waals surface area contributed by atoms with E-state index in [0.29, 0.717) is 27.3 Å². The zero-order valence-electron chi connectivity index (χ0n) is 15.2. The highest BCUT2D eigenvalue weighted by Gasteiger charge is 2.15. The van der Waals surface area contributed by atoms with Gasteiger partial charge in [0.25, 0.3) is 5.69 Å². The molecule has 1 unspecified atom stereocenters. The lowest BCUT2D eigenvalue weighted by Crippen LogP contribution is -2.26. The van der Waals surface area contributed by atoms with E-state index in [1.807, 2.05) is 0 Å². The number of benzene rings is 1. The Kier molecular flexibility index (Phi) is 5.41. The van der Waals surface area contributed by atoms with Gasteiger partial charge in [0.1, 0.15) is 5.01 Å². The van der Waals surface area contributed by atoms with Crippen molar-refractivity contribution in [2.45, 2.75) is 40.0 Å². The largest absolute Gasteiger partial charge is 0.359 e. The Labute approximate surface area is 156 Å². The van der Waals surface area contributed by atoms with Gasteiger partial charge in [-0.1, -0.05) is 56.4 Å². The average Bonchev–Trinajstić information content (AvgIpc) is 3.21. The third-order valence-corrected chi connectivity index (χ3v) is 5.09. The van der Waals surface area contributed by atoms with Crippen molar-refractivity contribution in [3.8, 4) is 0 Å². The second kappa shape index (κ2) is 7.74. The summed E-state index contributed by atoms with van der Waals surface area (Å²) in [5, 5.41) is 24.6. The topological polar surface area (TPSA) is 91.1 Å². The number of rotatable bonds is 6. The van der Waals surface area contributed by atoms with Gasteiger partial charge in [0, 0.05) is 18.0 Å². The normalized spacial score (nSPS) is 13.0. The molecule has 8 heteroatoms. The quantitative estimate of drug-likeness (QED) is 0.488. The molecule has 0 N–H and O–H groups in total. The van der Waals surface area contributed by atoms with Crippen molar-refractivity contribution < 1.29 is 9.53 Å². The van der Waals surface area contributed by atoms with Crippen LogP contribution in [0.3, 0.4) is 0 Å². The fraction of sp³-hybridized carbons (Fsp3) is 0.389. The summed E-state index contributed by atoms with van der Waals surface area (Å²) in [5.41, 5.74) is 3.28. The molecule has 26 heavy (non-hydrogen) atoms. The summed E-state index contributed by atoms with van der Waals surface area (Å²) in [6, 6.07) is 8.66. The Morgan fingerprint density at radius 2 is 1.96 bits per heavy atom. The molecular weight excluding hydrogens is 350 g/mol. The number of hydrogen-bond acceptors (Lipinski definition) is 7. The summed E-state index contributed by atoms with van der Waals surface area (Å²) in [4.78, 5) is 4.58. The van der Waals surface area contributed by atoms with Crippen LogP contribution in [-0.4, -0.2) is 21.6 Å². The van der Waals surface area contributed by atoms with Crippen molar-refractivity contribution in [1.82, 2.24) is 15.4 Å². The van der Waals surface area contributed by atoms with E-state index >= 15 is 0 Å². The lowest BCUT2D eigenvalue weighted by Gasteiger charge is -2.10. The molecule has 0 aliphatic rings. The van der Waals surface area contributed by atoms with Crippen LogP contribution in [0.5, 0.6) is 0 Å². The van der Waals surface area contributed by atoms with Crippen LogP contribution < -0.4 is 4.90 Å². The van der Waals surface area contributed by atoms with Crippen LogP contribution in [0.1, 0.15) is 54.2 Å². The summed E-state index contributed by atoms with van der Waals surface area (Å²) in [7, 11) is 0. The molecule has 0 spiro atoms. The van der Waals surface area contributed by atoms with Gasteiger partial charge in [0.2, 0.25) is 10.8 Å².